The van der Waals surface area contributed by atoms with E-state index in [4.69, 9.17) is 14.6 Å². The fourth-order valence-corrected chi connectivity index (χ4v) is 7.82. The number of hydrogen-bond donors (Lipinski definition) is 2. The van der Waals surface area contributed by atoms with Crippen LogP contribution >= 0.6 is 0 Å². The Morgan fingerprint density at radius 1 is 1.09 bits per heavy atom. The van der Waals surface area contributed by atoms with Crippen LogP contribution in [0.4, 0.5) is 13.2 Å². The fourth-order valence-electron chi connectivity index (χ4n) is 7.82. The molecule has 3 aliphatic heterocycles. The molecule has 0 bridgehead atoms. The van der Waals surface area contributed by atoms with Crippen molar-refractivity contribution < 1.29 is 42.1 Å². The van der Waals surface area contributed by atoms with Crippen LogP contribution in [0.1, 0.15) is 58.3 Å². The summed E-state index contributed by atoms with van der Waals surface area (Å²) >= 11 is 0. The fraction of sp³-hybridized carbons (Fsp3) is 0.514. The smallest absolute Gasteiger partial charge is 0.416 e. The first-order chi connectivity index (χ1) is 22.5. The molecule has 1 aliphatic carbocycles. The van der Waals surface area contributed by atoms with Gasteiger partial charge in [-0.2, -0.15) is 13.2 Å². The predicted molar refractivity (Wildman–Crippen MR) is 166 cm³/mol. The second-order valence-electron chi connectivity index (χ2n) is 13.2. The molecule has 3 unspecified atom stereocenters. The summed E-state index contributed by atoms with van der Waals surface area (Å²) in [6.07, 6.45) is 2.04. The van der Waals surface area contributed by atoms with Gasteiger partial charge in [0.05, 0.1) is 29.8 Å². The van der Waals surface area contributed by atoms with Gasteiger partial charge in [0.25, 0.3) is 0 Å². The third-order valence-electron chi connectivity index (χ3n) is 10.4. The zero-order valence-electron chi connectivity index (χ0n) is 26.3. The monoisotopic (exact) mass is 655 g/mol. The average Bonchev–Trinajstić information content (AvgIpc) is 3.65. The van der Waals surface area contributed by atoms with E-state index in [9.17, 15) is 27.6 Å². The van der Waals surface area contributed by atoms with Gasteiger partial charge in [-0.15, -0.1) is 0 Å². The molecule has 2 saturated heterocycles. The average molecular weight is 656 g/mol. The van der Waals surface area contributed by atoms with E-state index in [1.807, 2.05) is 0 Å². The van der Waals surface area contributed by atoms with Crippen molar-refractivity contribution in [3.05, 3.63) is 76.4 Å². The van der Waals surface area contributed by atoms with Crippen LogP contribution in [0.15, 0.2) is 48.5 Å². The highest BCUT2D eigenvalue weighted by Crippen LogP contribution is 2.50. The van der Waals surface area contributed by atoms with Crippen LogP contribution in [-0.4, -0.2) is 90.8 Å². The quantitative estimate of drug-likeness (QED) is 0.426. The standard InChI is InChI=1S/C35H40F3N3O6/c1-46-30-20-47-15-12-29(30)39-27-10-13-34(17-27)21-41(31(42)9-4-22-2-5-24(6-3-22)33(44)45)19-28(34)32(43)40-14-11-23-7-8-26(35(36,37)38)16-25(23)18-40/h2-9,16,27-30,39H,10-15,17-21H2,1H3,(H,44,45)/b9-4+/t27-,28?,29?,30?,34+/m0/s1. The highest BCUT2D eigenvalue weighted by Gasteiger charge is 2.55. The highest BCUT2D eigenvalue weighted by molar-refractivity contribution is 5.93. The molecule has 0 radical (unpaired) electrons. The molecule has 3 fully saturated rings. The molecule has 1 saturated carbocycles. The Kier molecular flexibility index (Phi) is 9.46. The number of ether oxygens (including phenoxy) is 2. The van der Waals surface area contributed by atoms with Crippen molar-refractivity contribution in [1.29, 1.82) is 0 Å². The number of aromatic carboxylic acids is 1. The molecule has 2 aromatic rings. The number of nitrogens with one attached hydrogen (secondary N) is 1. The molecule has 4 aliphatic rings. The van der Waals surface area contributed by atoms with Gasteiger partial charge in [0.15, 0.2) is 0 Å². The van der Waals surface area contributed by atoms with Crippen LogP contribution in [0.2, 0.25) is 0 Å². The number of methoxy groups -OCH3 is 1. The topological polar surface area (TPSA) is 108 Å². The summed E-state index contributed by atoms with van der Waals surface area (Å²) in [5.41, 5.74) is 0.931. The summed E-state index contributed by atoms with van der Waals surface area (Å²) < 4.78 is 51.7. The van der Waals surface area contributed by atoms with Gasteiger partial charge in [0, 0.05) is 63.5 Å². The number of benzene rings is 2. The first-order valence-electron chi connectivity index (χ1n) is 16.1. The van der Waals surface area contributed by atoms with E-state index in [0.29, 0.717) is 50.3 Å². The summed E-state index contributed by atoms with van der Waals surface area (Å²) in [7, 11) is 1.67. The van der Waals surface area contributed by atoms with Crippen LogP contribution in [-0.2, 0) is 38.2 Å². The van der Waals surface area contributed by atoms with E-state index in [1.165, 1.54) is 24.3 Å². The maximum Gasteiger partial charge on any atom is 0.416 e. The molecular formula is C35H40F3N3O6. The van der Waals surface area contributed by atoms with Crippen LogP contribution in [0.25, 0.3) is 6.08 Å². The Morgan fingerprint density at radius 2 is 1.87 bits per heavy atom. The lowest BCUT2D eigenvalue weighted by Gasteiger charge is -2.37. The second-order valence-corrected chi connectivity index (χ2v) is 13.2. The summed E-state index contributed by atoms with van der Waals surface area (Å²) in [5.74, 6) is -1.91. The molecule has 3 heterocycles. The van der Waals surface area contributed by atoms with Gasteiger partial charge in [-0.25, -0.2) is 4.79 Å². The maximum absolute atomic E-state index is 14.3. The zero-order chi connectivity index (χ0) is 33.3. The minimum absolute atomic E-state index is 0.0795. The number of carboxylic acid groups (broad SMARTS) is 1. The molecule has 0 aromatic heterocycles. The van der Waals surface area contributed by atoms with Crippen molar-refractivity contribution in [2.75, 3.05) is 40.0 Å². The van der Waals surface area contributed by atoms with Crippen LogP contribution in [0, 0.1) is 11.3 Å². The van der Waals surface area contributed by atoms with E-state index in [-0.39, 0.29) is 48.7 Å². The van der Waals surface area contributed by atoms with Crippen molar-refractivity contribution in [3.8, 4) is 0 Å². The minimum atomic E-state index is -4.47. The third-order valence-corrected chi connectivity index (χ3v) is 10.4. The highest BCUT2D eigenvalue weighted by atomic mass is 19.4. The van der Waals surface area contributed by atoms with Crippen LogP contribution < -0.4 is 5.32 Å². The molecule has 47 heavy (non-hydrogen) atoms. The first-order valence-corrected chi connectivity index (χ1v) is 16.1. The molecule has 2 N–H and O–H groups in total. The van der Waals surface area contributed by atoms with E-state index in [0.717, 1.165) is 37.0 Å². The Balaban J connectivity index is 1.21. The lowest BCUT2D eigenvalue weighted by Crippen LogP contribution is -2.51. The number of amides is 2. The van der Waals surface area contributed by atoms with Gasteiger partial charge in [-0.3, -0.25) is 9.59 Å². The van der Waals surface area contributed by atoms with Gasteiger partial charge < -0.3 is 29.7 Å². The Hall–Kier alpha value is -3.74. The van der Waals surface area contributed by atoms with Gasteiger partial charge in [0.1, 0.15) is 0 Å². The summed E-state index contributed by atoms with van der Waals surface area (Å²) in [6, 6.07) is 10.2. The van der Waals surface area contributed by atoms with E-state index in [2.05, 4.69) is 5.32 Å². The number of carboxylic acids is 1. The van der Waals surface area contributed by atoms with E-state index in [1.54, 1.807) is 35.1 Å². The summed E-state index contributed by atoms with van der Waals surface area (Å²) in [6.45, 7) is 2.26. The number of halogens is 3. The van der Waals surface area contributed by atoms with E-state index >= 15 is 0 Å². The Morgan fingerprint density at radius 3 is 2.60 bits per heavy atom. The Bertz CT molecular complexity index is 1530. The second kappa shape index (κ2) is 13.4. The van der Waals surface area contributed by atoms with Crippen molar-refractivity contribution in [2.24, 2.45) is 11.3 Å². The molecule has 6 rings (SSSR count). The lowest BCUT2D eigenvalue weighted by atomic mass is 9.75. The number of rotatable bonds is 7. The largest absolute Gasteiger partial charge is 0.478 e. The van der Waals surface area contributed by atoms with Gasteiger partial charge in [-0.05, 0) is 79.1 Å². The summed E-state index contributed by atoms with van der Waals surface area (Å²) in [5, 5.41) is 12.9. The molecule has 1 spiro atoms. The number of nitrogens with zero attached hydrogens (tertiary/aromatic N) is 2. The normalized spacial score (nSPS) is 27.8. The number of carbonyl (C=O) groups is 3. The number of alkyl halides is 3. The number of likely N-dealkylation sites (tertiary alicyclic amines) is 1. The molecule has 12 heteroatoms. The van der Waals surface area contributed by atoms with Crippen LogP contribution in [0.3, 0.4) is 0 Å². The van der Waals surface area contributed by atoms with E-state index < -0.39 is 29.0 Å². The van der Waals surface area contributed by atoms with Crippen molar-refractivity contribution in [3.63, 3.8) is 0 Å². The molecule has 2 amide bonds. The number of hydrogen-bond acceptors (Lipinski definition) is 6. The maximum atomic E-state index is 14.3. The summed E-state index contributed by atoms with van der Waals surface area (Å²) in [4.78, 5) is 42.4. The predicted octanol–water partition coefficient (Wildman–Crippen LogP) is 4.39. The van der Waals surface area contributed by atoms with Gasteiger partial charge in [0.2, 0.25) is 11.8 Å². The third kappa shape index (κ3) is 7.09. The lowest BCUT2D eigenvalue weighted by molar-refractivity contribution is -0.139. The zero-order valence-corrected chi connectivity index (χ0v) is 26.3. The van der Waals surface area contributed by atoms with Crippen molar-refractivity contribution in [1.82, 2.24) is 15.1 Å². The SMILES string of the molecule is COC1COCCC1N[C@H]1CC[C@@]2(C1)CN(C(=O)/C=C/c1ccc(C(=O)O)cc1)CC2C(=O)N1CCc2ccc(C(F)(F)F)cc2C1. The number of carbonyl (C=O) groups excluding carboxylic acids is 2. The molecule has 5 atom stereocenters. The first kappa shape index (κ1) is 33.2. The molecule has 252 valence electrons. The van der Waals surface area contributed by atoms with Crippen molar-refractivity contribution >= 4 is 23.9 Å². The van der Waals surface area contributed by atoms with Gasteiger partial charge in [-0.1, -0.05) is 18.2 Å². The van der Waals surface area contributed by atoms with Crippen LogP contribution in [0.5, 0.6) is 0 Å². The van der Waals surface area contributed by atoms with Gasteiger partial charge >= 0.3 is 12.1 Å². The number of fused-ring (bicyclic) bond motifs is 1. The Labute approximate surface area is 271 Å². The molecule has 2 aromatic carbocycles. The van der Waals surface area contributed by atoms with Crippen molar-refractivity contribution in [2.45, 2.75) is 63.0 Å². The molecular weight excluding hydrogens is 615 g/mol. The molecule has 9 nitrogen and oxygen atoms in total. The minimum Gasteiger partial charge on any atom is -0.478 e.